The minimum absolute atomic E-state index is 0.174. The third-order valence-electron chi connectivity index (χ3n) is 4.88. The molecule has 0 saturated carbocycles. The van der Waals surface area contributed by atoms with Crippen LogP contribution in [0, 0.1) is 0 Å². The number of allylic oxidation sites excluding steroid dienone is 1. The van der Waals surface area contributed by atoms with Gasteiger partial charge in [-0.05, 0) is 52.1 Å². The van der Waals surface area contributed by atoms with Crippen LogP contribution in [0.15, 0.2) is 78.4 Å². The number of hydrogen-bond donors (Lipinski definition) is 1. The van der Waals surface area contributed by atoms with Crippen molar-refractivity contribution in [2.45, 2.75) is 31.2 Å². The van der Waals surface area contributed by atoms with Crippen molar-refractivity contribution < 1.29 is 35.5 Å². The van der Waals surface area contributed by atoms with Crippen LogP contribution in [0.5, 0.6) is 5.75 Å². The van der Waals surface area contributed by atoms with Crippen LogP contribution >= 0.6 is 0 Å². The molecule has 0 amide bonds. The molecule has 0 heterocycles. The molecule has 3 nitrogen and oxygen atoms in total. The monoisotopic (exact) mass is 484 g/mol. The SMILES string of the molecule is C=CCc1cc(/C=N/NC(F)(F)C(F)(F)C(F)(F)F)ccc1OCc1cccc2ccccc12. The van der Waals surface area contributed by atoms with Crippen LogP contribution in [0.25, 0.3) is 10.8 Å². The zero-order valence-electron chi connectivity index (χ0n) is 17.6. The normalized spacial score (nSPS) is 12.8. The summed E-state index contributed by atoms with van der Waals surface area (Å²) in [5.41, 5.74) is 2.30. The fourth-order valence-electron chi connectivity index (χ4n) is 3.15. The van der Waals surface area contributed by atoms with Crippen LogP contribution in [0.1, 0.15) is 16.7 Å². The van der Waals surface area contributed by atoms with E-state index in [0.29, 0.717) is 29.4 Å². The van der Waals surface area contributed by atoms with Gasteiger partial charge in [0.25, 0.3) is 0 Å². The second-order valence-corrected chi connectivity index (χ2v) is 7.30. The molecule has 0 aliphatic heterocycles. The second kappa shape index (κ2) is 9.74. The molecule has 0 radical (unpaired) electrons. The number of fused-ring (bicyclic) bond motifs is 1. The number of nitrogens with one attached hydrogen (secondary N) is 1. The van der Waals surface area contributed by atoms with E-state index in [2.05, 4.69) is 11.7 Å². The molecule has 0 aromatic heterocycles. The summed E-state index contributed by atoms with van der Waals surface area (Å²) in [4.78, 5) is 0. The average molecular weight is 484 g/mol. The summed E-state index contributed by atoms with van der Waals surface area (Å²) in [7, 11) is 0. The minimum Gasteiger partial charge on any atom is -0.489 e. The molecule has 34 heavy (non-hydrogen) atoms. The summed E-state index contributed by atoms with van der Waals surface area (Å²) in [6, 6.07) is 12.3. The number of benzene rings is 3. The molecular formula is C24H19F7N2O. The van der Waals surface area contributed by atoms with Gasteiger partial charge < -0.3 is 4.74 Å². The Morgan fingerprint density at radius 3 is 2.29 bits per heavy atom. The van der Waals surface area contributed by atoms with E-state index in [1.807, 2.05) is 42.5 Å². The highest BCUT2D eigenvalue weighted by Gasteiger charge is 2.73. The van der Waals surface area contributed by atoms with Gasteiger partial charge in [-0.3, -0.25) is 0 Å². The Morgan fingerprint density at radius 1 is 0.882 bits per heavy atom. The highest BCUT2D eigenvalue weighted by atomic mass is 19.4. The third kappa shape index (κ3) is 5.32. The van der Waals surface area contributed by atoms with Crippen LogP contribution < -0.4 is 10.2 Å². The molecular weight excluding hydrogens is 465 g/mol. The predicted molar refractivity (Wildman–Crippen MR) is 115 cm³/mol. The van der Waals surface area contributed by atoms with Crippen molar-refractivity contribution >= 4 is 17.0 Å². The van der Waals surface area contributed by atoms with Crippen molar-refractivity contribution in [3.8, 4) is 5.75 Å². The fraction of sp³-hybridized carbons (Fsp3) is 0.208. The zero-order valence-corrected chi connectivity index (χ0v) is 17.6. The van der Waals surface area contributed by atoms with E-state index in [1.54, 1.807) is 6.08 Å². The van der Waals surface area contributed by atoms with E-state index < -0.39 is 18.1 Å². The van der Waals surface area contributed by atoms with Gasteiger partial charge in [-0.15, -0.1) is 6.58 Å². The van der Waals surface area contributed by atoms with E-state index in [1.165, 1.54) is 18.2 Å². The quantitative estimate of drug-likeness (QED) is 0.118. The Bertz CT molecular complexity index is 1180. The predicted octanol–water partition coefficient (Wildman–Crippen LogP) is 6.86. The van der Waals surface area contributed by atoms with Gasteiger partial charge in [0.2, 0.25) is 0 Å². The first-order chi connectivity index (χ1) is 16.0. The van der Waals surface area contributed by atoms with E-state index in [-0.39, 0.29) is 12.2 Å². The summed E-state index contributed by atoms with van der Waals surface area (Å²) in [6.07, 6.45) is -3.85. The van der Waals surface area contributed by atoms with Crippen LogP contribution in [-0.2, 0) is 13.0 Å². The molecule has 3 aromatic carbocycles. The lowest BCUT2D eigenvalue weighted by molar-refractivity contribution is -0.361. The number of hydrazone groups is 1. The molecule has 0 saturated heterocycles. The van der Waals surface area contributed by atoms with Crippen molar-refractivity contribution in [3.63, 3.8) is 0 Å². The van der Waals surface area contributed by atoms with Crippen molar-refractivity contribution in [3.05, 3.63) is 90.0 Å². The topological polar surface area (TPSA) is 33.6 Å². The number of ether oxygens (including phenoxy) is 1. The molecule has 0 atom stereocenters. The lowest BCUT2D eigenvalue weighted by Gasteiger charge is -2.27. The summed E-state index contributed by atoms with van der Waals surface area (Å²) in [5, 5.41) is 4.94. The van der Waals surface area contributed by atoms with Crippen LogP contribution in [0.3, 0.4) is 0 Å². The maximum absolute atomic E-state index is 13.3. The highest BCUT2D eigenvalue weighted by molar-refractivity contribution is 5.85. The number of nitrogens with zero attached hydrogens (tertiary/aromatic N) is 1. The fourth-order valence-corrected chi connectivity index (χ4v) is 3.15. The van der Waals surface area contributed by atoms with Crippen LogP contribution in [-0.4, -0.2) is 24.4 Å². The molecule has 0 aliphatic carbocycles. The van der Waals surface area contributed by atoms with Crippen LogP contribution in [0.2, 0.25) is 0 Å². The highest BCUT2D eigenvalue weighted by Crippen LogP contribution is 2.45. The Hall–Kier alpha value is -3.56. The van der Waals surface area contributed by atoms with E-state index in [4.69, 9.17) is 4.74 Å². The van der Waals surface area contributed by atoms with Crippen molar-refractivity contribution in [2.24, 2.45) is 5.10 Å². The average Bonchev–Trinajstić information content (AvgIpc) is 2.78. The van der Waals surface area contributed by atoms with E-state index in [9.17, 15) is 30.7 Å². The van der Waals surface area contributed by atoms with Gasteiger partial charge in [-0.2, -0.15) is 35.8 Å². The molecule has 180 valence electrons. The summed E-state index contributed by atoms with van der Waals surface area (Å²) >= 11 is 0. The molecule has 0 fully saturated rings. The maximum atomic E-state index is 13.3. The lowest BCUT2D eigenvalue weighted by Crippen LogP contribution is -2.58. The van der Waals surface area contributed by atoms with Gasteiger partial charge >= 0.3 is 18.1 Å². The number of rotatable bonds is 9. The van der Waals surface area contributed by atoms with E-state index >= 15 is 0 Å². The largest absolute Gasteiger partial charge is 0.489 e. The first kappa shape index (κ1) is 25.1. The smallest absolute Gasteiger partial charge is 0.462 e. The lowest BCUT2D eigenvalue weighted by atomic mass is 10.0. The van der Waals surface area contributed by atoms with Gasteiger partial charge in [-0.1, -0.05) is 48.5 Å². The van der Waals surface area contributed by atoms with Crippen molar-refractivity contribution in [1.82, 2.24) is 5.43 Å². The molecule has 3 rings (SSSR count). The Morgan fingerprint density at radius 2 is 1.59 bits per heavy atom. The summed E-state index contributed by atoms with van der Waals surface area (Å²) < 4.78 is 95.0. The standard InChI is InChI=1S/C24H19F7N2O/c1-2-6-18-13-16(14-32-33-24(30,31)22(25,26)23(27,28)29)11-12-21(18)34-15-19-9-5-8-17-7-3-4-10-20(17)19/h2-5,7-14,33H,1,6,15H2/b32-14+. The van der Waals surface area contributed by atoms with Crippen molar-refractivity contribution in [2.75, 3.05) is 0 Å². The molecule has 10 heteroatoms. The van der Waals surface area contributed by atoms with Gasteiger partial charge in [0, 0.05) is 0 Å². The number of halogens is 7. The number of alkyl halides is 7. The Labute approximate surface area is 190 Å². The maximum Gasteiger partial charge on any atom is 0.462 e. The first-order valence-electron chi connectivity index (χ1n) is 9.92. The minimum atomic E-state index is -6.45. The molecule has 1 N–H and O–H groups in total. The summed E-state index contributed by atoms with van der Waals surface area (Å²) in [6.45, 7) is 3.88. The molecule has 0 spiro atoms. The molecule has 0 bridgehead atoms. The summed E-state index contributed by atoms with van der Waals surface area (Å²) in [5.74, 6) is -5.84. The second-order valence-electron chi connectivity index (χ2n) is 7.30. The number of hydrogen-bond acceptors (Lipinski definition) is 3. The van der Waals surface area contributed by atoms with Gasteiger partial charge in [0.05, 0.1) is 6.21 Å². The first-order valence-corrected chi connectivity index (χ1v) is 9.92. The van der Waals surface area contributed by atoms with Gasteiger partial charge in [-0.25, -0.2) is 5.43 Å². The van der Waals surface area contributed by atoms with Gasteiger partial charge in [0.15, 0.2) is 0 Å². The zero-order chi connectivity index (χ0) is 25.0. The molecule has 0 unspecified atom stereocenters. The van der Waals surface area contributed by atoms with Gasteiger partial charge in [0.1, 0.15) is 12.4 Å². The Balaban J connectivity index is 1.76. The molecule has 0 aliphatic rings. The molecule has 3 aromatic rings. The van der Waals surface area contributed by atoms with Crippen LogP contribution in [0.4, 0.5) is 30.7 Å². The third-order valence-corrected chi connectivity index (χ3v) is 4.88. The van der Waals surface area contributed by atoms with Crippen molar-refractivity contribution in [1.29, 1.82) is 0 Å². The Kier molecular flexibility index (Phi) is 7.18. The van der Waals surface area contributed by atoms with E-state index in [0.717, 1.165) is 16.3 Å².